The molecule has 2 heterocycles. The largest absolute Gasteiger partial charge is 0.325 e. The van der Waals surface area contributed by atoms with Crippen molar-refractivity contribution in [2.75, 3.05) is 11.9 Å². The molecule has 0 unspecified atom stereocenters. The molecule has 0 spiro atoms. The predicted octanol–water partition coefficient (Wildman–Crippen LogP) is 4.11. The van der Waals surface area contributed by atoms with Crippen molar-refractivity contribution in [3.05, 3.63) is 70.3 Å². The van der Waals surface area contributed by atoms with Crippen LogP contribution in [-0.2, 0) is 20.6 Å². The Labute approximate surface area is 180 Å². The number of hydrogen-bond acceptors (Lipinski definition) is 6. The van der Waals surface area contributed by atoms with Crippen LogP contribution >= 0.6 is 39.0 Å². The Balaban J connectivity index is 1.49. The number of hydrogen-bond donors (Lipinski definition) is 2. The zero-order chi connectivity index (χ0) is 20.0. The third-order valence-electron chi connectivity index (χ3n) is 3.50. The predicted molar refractivity (Wildman–Crippen MR) is 116 cm³/mol. The Bertz CT molecular complexity index is 1040. The Morgan fingerprint density at radius 1 is 1.14 bits per heavy atom. The Morgan fingerprint density at radius 3 is 2.57 bits per heavy atom. The number of nitrogens with zero attached hydrogens (tertiary/aromatic N) is 1. The number of carbonyl (C=O) groups is 1. The molecule has 0 saturated carbocycles. The molecule has 0 fully saturated rings. The Hall–Kier alpha value is -1.72. The molecule has 146 valence electrons. The van der Waals surface area contributed by atoms with Crippen LogP contribution in [0.4, 0.5) is 5.69 Å². The summed E-state index contributed by atoms with van der Waals surface area (Å²) >= 11 is 5.97. The van der Waals surface area contributed by atoms with Crippen LogP contribution in [0.5, 0.6) is 0 Å². The number of anilines is 1. The summed E-state index contributed by atoms with van der Waals surface area (Å²) < 4.78 is 27.4. The fraction of sp³-hybridized carbons (Fsp3) is 0.111. The van der Waals surface area contributed by atoms with Gasteiger partial charge in [0.15, 0.2) is 0 Å². The number of benzene rings is 1. The highest BCUT2D eigenvalue weighted by Crippen LogP contribution is 2.26. The first-order valence-electron chi connectivity index (χ1n) is 8.09. The highest BCUT2D eigenvalue weighted by atomic mass is 79.9. The molecule has 0 saturated heterocycles. The molecule has 1 amide bonds. The van der Waals surface area contributed by atoms with Gasteiger partial charge in [0, 0.05) is 28.7 Å². The molecule has 3 aromatic rings. The summed E-state index contributed by atoms with van der Waals surface area (Å²) in [4.78, 5) is 17.2. The molecule has 6 nitrogen and oxygen atoms in total. The minimum atomic E-state index is -3.70. The van der Waals surface area contributed by atoms with Gasteiger partial charge in [0.25, 0.3) is 10.0 Å². The summed E-state index contributed by atoms with van der Waals surface area (Å²) in [7, 11) is -3.70. The number of thiophene rings is 1. The van der Waals surface area contributed by atoms with E-state index in [1.165, 1.54) is 6.07 Å². The molecule has 28 heavy (non-hydrogen) atoms. The van der Waals surface area contributed by atoms with E-state index in [0.29, 0.717) is 9.47 Å². The van der Waals surface area contributed by atoms with Crippen molar-refractivity contribution in [1.82, 2.24) is 9.71 Å². The first-order valence-corrected chi connectivity index (χ1v) is 12.2. The fourth-order valence-corrected chi connectivity index (χ4v) is 6.03. The Morgan fingerprint density at radius 2 is 1.93 bits per heavy atom. The van der Waals surface area contributed by atoms with Gasteiger partial charge < -0.3 is 5.32 Å². The van der Waals surface area contributed by atoms with E-state index >= 15 is 0 Å². The van der Waals surface area contributed by atoms with Crippen molar-refractivity contribution in [3.63, 3.8) is 0 Å². The maximum atomic E-state index is 12.1. The van der Waals surface area contributed by atoms with Gasteiger partial charge in [-0.3, -0.25) is 9.78 Å². The van der Waals surface area contributed by atoms with Gasteiger partial charge >= 0.3 is 0 Å². The summed E-state index contributed by atoms with van der Waals surface area (Å²) in [6.07, 6.45) is 3.57. The highest BCUT2D eigenvalue weighted by molar-refractivity contribution is 9.11. The van der Waals surface area contributed by atoms with Crippen LogP contribution in [0.25, 0.3) is 0 Å². The lowest BCUT2D eigenvalue weighted by Gasteiger charge is -2.08. The first-order chi connectivity index (χ1) is 13.4. The Kier molecular flexibility index (Phi) is 7.24. The average molecular weight is 498 g/mol. The zero-order valence-electron chi connectivity index (χ0n) is 14.5. The topological polar surface area (TPSA) is 88.2 Å². The smallest absolute Gasteiger partial charge is 0.250 e. The lowest BCUT2D eigenvalue weighted by Crippen LogP contribution is -2.32. The number of amides is 1. The number of halogens is 1. The van der Waals surface area contributed by atoms with E-state index in [-0.39, 0.29) is 10.8 Å². The molecular weight excluding hydrogens is 482 g/mol. The van der Waals surface area contributed by atoms with Crippen molar-refractivity contribution in [3.8, 4) is 0 Å². The second-order valence-electron chi connectivity index (χ2n) is 5.61. The second kappa shape index (κ2) is 9.66. The minimum Gasteiger partial charge on any atom is -0.325 e. The standard InChI is InChI=1S/C18H16BrN3O3S3/c19-16-7-8-18(27-16)28(24,25)21-11-17(23)22-14-3-5-15(6-4-14)26-12-13-2-1-9-20-10-13/h1-10,21H,11-12H2,(H,22,23). The van der Waals surface area contributed by atoms with Crippen LogP contribution in [0.15, 0.2) is 73.8 Å². The average Bonchev–Trinajstić information content (AvgIpc) is 3.14. The van der Waals surface area contributed by atoms with Crippen LogP contribution in [0.1, 0.15) is 5.56 Å². The molecule has 0 aliphatic rings. The lowest BCUT2D eigenvalue weighted by atomic mass is 10.3. The second-order valence-corrected chi connectivity index (χ2v) is 11.1. The van der Waals surface area contributed by atoms with Gasteiger partial charge in [-0.1, -0.05) is 6.07 Å². The third kappa shape index (κ3) is 6.14. The monoisotopic (exact) mass is 497 g/mol. The minimum absolute atomic E-state index is 0.155. The number of aromatic nitrogens is 1. The van der Waals surface area contributed by atoms with Crippen LogP contribution in [0, 0.1) is 0 Å². The van der Waals surface area contributed by atoms with Crippen molar-refractivity contribution in [2.24, 2.45) is 0 Å². The fourth-order valence-electron chi connectivity index (χ4n) is 2.16. The zero-order valence-corrected chi connectivity index (χ0v) is 18.5. The maximum Gasteiger partial charge on any atom is 0.250 e. The molecule has 0 radical (unpaired) electrons. The molecule has 0 atom stereocenters. The van der Waals surface area contributed by atoms with Gasteiger partial charge in [0.1, 0.15) is 4.21 Å². The van der Waals surface area contributed by atoms with Crippen molar-refractivity contribution in [1.29, 1.82) is 0 Å². The molecule has 0 bridgehead atoms. The number of carbonyl (C=O) groups excluding carboxylic acids is 1. The van der Waals surface area contributed by atoms with Crippen molar-refractivity contribution < 1.29 is 13.2 Å². The SMILES string of the molecule is O=C(CNS(=O)(=O)c1ccc(Br)s1)Nc1ccc(SCc2cccnc2)cc1. The first kappa shape index (κ1) is 21.0. The summed E-state index contributed by atoms with van der Waals surface area (Å²) in [5.41, 5.74) is 1.74. The molecule has 1 aromatic carbocycles. The van der Waals surface area contributed by atoms with E-state index < -0.39 is 15.9 Å². The van der Waals surface area contributed by atoms with Crippen molar-refractivity contribution >= 4 is 60.6 Å². The van der Waals surface area contributed by atoms with Crippen LogP contribution in [0.2, 0.25) is 0 Å². The summed E-state index contributed by atoms with van der Waals surface area (Å²) in [6, 6.07) is 14.4. The van der Waals surface area contributed by atoms with E-state index in [2.05, 4.69) is 31.0 Å². The van der Waals surface area contributed by atoms with E-state index in [0.717, 1.165) is 27.5 Å². The number of sulfonamides is 1. The summed E-state index contributed by atoms with van der Waals surface area (Å²) in [5, 5.41) is 2.68. The number of thioether (sulfide) groups is 1. The van der Waals surface area contributed by atoms with E-state index in [4.69, 9.17) is 0 Å². The molecule has 10 heteroatoms. The number of nitrogens with one attached hydrogen (secondary N) is 2. The molecule has 2 N–H and O–H groups in total. The maximum absolute atomic E-state index is 12.1. The van der Waals surface area contributed by atoms with Gasteiger partial charge in [0.2, 0.25) is 5.91 Å². The lowest BCUT2D eigenvalue weighted by molar-refractivity contribution is -0.115. The normalized spacial score (nSPS) is 11.3. The van der Waals surface area contributed by atoms with E-state index in [1.807, 2.05) is 30.5 Å². The third-order valence-corrected chi connectivity index (χ3v) is 8.10. The van der Waals surface area contributed by atoms with Crippen LogP contribution in [0.3, 0.4) is 0 Å². The van der Waals surface area contributed by atoms with Crippen molar-refractivity contribution in [2.45, 2.75) is 14.9 Å². The highest BCUT2D eigenvalue weighted by Gasteiger charge is 2.17. The summed E-state index contributed by atoms with van der Waals surface area (Å²) in [5.74, 6) is 0.370. The molecule has 3 rings (SSSR count). The molecule has 0 aliphatic heterocycles. The van der Waals surface area contributed by atoms with E-state index in [1.54, 1.807) is 36.2 Å². The quantitative estimate of drug-likeness (QED) is 0.457. The van der Waals surface area contributed by atoms with Crippen LogP contribution < -0.4 is 10.0 Å². The number of rotatable bonds is 8. The molecule has 2 aromatic heterocycles. The van der Waals surface area contributed by atoms with Gasteiger partial charge in [-0.05, 0) is 64.0 Å². The van der Waals surface area contributed by atoms with E-state index in [9.17, 15) is 13.2 Å². The molecular formula is C18H16BrN3O3S3. The number of pyridine rings is 1. The van der Waals surface area contributed by atoms with Gasteiger partial charge in [0.05, 0.1) is 10.3 Å². The van der Waals surface area contributed by atoms with Gasteiger partial charge in [-0.25, -0.2) is 13.1 Å². The van der Waals surface area contributed by atoms with Gasteiger partial charge in [-0.15, -0.1) is 23.1 Å². The van der Waals surface area contributed by atoms with Crippen LogP contribution in [-0.4, -0.2) is 25.9 Å². The molecule has 0 aliphatic carbocycles. The van der Waals surface area contributed by atoms with Gasteiger partial charge in [-0.2, -0.15) is 0 Å². The summed E-state index contributed by atoms with van der Waals surface area (Å²) in [6.45, 7) is -0.338.